The predicted octanol–water partition coefficient (Wildman–Crippen LogP) is 0.505. The van der Waals surface area contributed by atoms with Gasteiger partial charge in [0, 0.05) is 0 Å². The lowest BCUT2D eigenvalue weighted by atomic mass is 10.3. The van der Waals surface area contributed by atoms with Gasteiger partial charge in [0.25, 0.3) is 0 Å². The van der Waals surface area contributed by atoms with Crippen molar-refractivity contribution in [3.63, 3.8) is 0 Å². The molecular formula is C6H6F4N4O2. The maximum atomic E-state index is 12.8. The minimum Gasteiger partial charge on any atom is -0.481 e. The van der Waals surface area contributed by atoms with Crippen molar-refractivity contribution in [1.82, 2.24) is 20.2 Å². The lowest BCUT2D eigenvalue weighted by molar-refractivity contribution is -0.144. The second-order valence-electron chi connectivity index (χ2n) is 2.79. The Labute approximate surface area is 85.9 Å². The molecule has 0 aliphatic heterocycles. The van der Waals surface area contributed by atoms with Crippen molar-refractivity contribution >= 4 is 5.97 Å². The summed E-state index contributed by atoms with van der Waals surface area (Å²) >= 11 is 0. The summed E-state index contributed by atoms with van der Waals surface area (Å²) in [5.74, 6) is -7.12. The normalized spacial score (nSPS) is 12.1. The first kappa shape index (κ1) is 12.3. The number of aromatic nitrogens is 4. The van der Waals surface area contributed by atoms with Gasteiger partial charge >= 0.3 is 18.3 Å². The summed E-state index contributed by atoms with van der Waals surface area (Å²) in [6.07, 6.45) is -4.50. The van der Waals surface area contributed by atoms with Crippen LogP contribution in [0.2, 0.25) is 0 Å². The Morgan fingerprint density at radius 2 is 2.12 bits per heavy atom. The topological polar surface area (TPSA) is 80.9 Å². The van der Waals surface area contributed by atoms with E-state index in [-0.39, 0.29) is 0 Å². The molecule has 1 rings (SSSR count). The molecule has 0 aromatic carbocycles. The quantitative estimate of drug-likeness (QED) is 0.760. The molecule has 1 heterocycles. The number of hydrogen-bond acceptors (Lipinski definition) is 4. The van der Waals surface area contributed by atoms with Gasteiger partial charge in [-0.05, 0) is 10.4 Å². The first-order valence-corrected chi connectivity index (χ1v) is 4.00. The summed E-state index contributed by atoms with van der Waals surface area (Å²) < 4.78 is 50.0. The van der Waals surface area contributed by atoms with Crippen LogP contribution in [-0.4, -0.2) is 37.7 Å². The number of hydrogen-bond donors (Lipinski definition) is 1. The van der Waals surface area contributed by atoms with Gasteiger partial charge in [0.05, 0.1) is 13.0 Å². The molecule has 0 spiro atoms. The van der Waals surface area contributed by atoms with Crippen molar-refractivity contribution in [3.8, 4) is 0 Å². The molecule has 6 nitrogen and oxygen atoms in total. The van der Waals surface area contributed by atoms with E-state index in [2.05, 4.69) is 15.5 Å². The molecule has 0 aliphatic rings. The fourth-order valence-corrected chi connectivity index (χ4v) is 0.893. The highest BCUT2D eigenvalue weighted by Crippen LogP contribution is 2.32. The van der Waals surface area contributed by atoms with E-state index < -0.39 is 37.1 Å². The Bertz CT molecular complexity index is 380. The summed E-state index contributed by atoms with van der Waals surface area (Å²) in [4.78, 5) is 10.2. The number of tetrazole rings is 1. The molecule has 0 fully saturated rings. The highest BCUT2D eigenvalue weighted by Gasteiger charge is 2.47. The van der Waals surface area contributed by atoms with Crippen LogP contribution >= 0.6 is 0 Å². The summed E-state index contributed by atoms with van der Waals surface area (Å²) in [6, 6.07) is 0. The molecule has 10 heteroatoms. The Hall–Kier alpha value is -1.74. The molecule has 0 unspecified atom stereocenters. The summed E-state index contributed by atoms with van der Waals surface area (Å²) in [5.41, 5.74) is 0. The molecule has 0 radical (unpaired) electrons. The first-order valence-electron chi connectivity index (χ1n) is 4.00. The second kappa shape index (κ2) is 4.41. The van der Waals surface area contributed by atoms with Gasteiger partial charge in [-0.1, -0.05) is 0 Å². The number of aryl methyl sites for hydroxylation is 1. The Balaban J connectivity index is 2.89. The third-order valence-electron chi connectivity index (χ3n) is 1.64. The van der Waals surface area contributed by atoms with Crippen molar-refractivity contribution in [2.45, 2.75) is 25.3 Å². The number of carboxylic acid groups (broad SMARTS) is 1. The Kier molecular flexibility index (Phi) is 3.40. The molecule has 1 aromatic heterocycles. The average Bonchev–Trinajstić information content (AvgIpc) is 2.62. The molecule has 0 aliphatic carbocycles. The zero-order chi connectivity index (χ0) is 12.3. The van der Waals surface area contributed by atoms with Crippen LogP contribution in [0.1, 0.15) is 12.2 Å². The molecular weight excluding hydrogens is 236 g/mol. The molecule has 0 saturated heterocycles. The minimum atomic E-state index is -4.50. The molecule has 1 aromatic rings. The monoisotopic (exact) mass is 242 g/mol. The Morgan fingerprint density at radius 1 is 1.50 bits per heavy atom. The lowest BCUT2D eigenvalue weighted by Gasteiger charge is -2.13. The van der Waals surface area contributed by atoms with Crippen LogP contribution in [0.4, 0.5) is 17.6 Å². The van der Waals surface area contributed by atoms with Crippen molar-refractivity contribution in [3.05, 3.63) is 5.82 Å². The minimum absolute atomic E-state index is 0.347. The fourth-order valence-electron chi connectivity index (χ4n) is 0.893. The van der Waals surface area contributed by atoms with Gasteiger partial charge in [-0.15, -0.1) is 5.10 Å². The maximum Gasteiger partial charge on any atom is 0.367 e. The molecule has 1 N–H and O–H groups in total. The third kappa shape index (κ3) is 2.44. The summed E-state index contributed by atoms with van der Waals surface area (Å²) in [5, 5.41) is 16.9. The molecule has 0 amide bonds. The SMILES string of the molecule is O=C(O)CCn1nnnc1C(F)(F)C(F)F. The van der Waals surface area contributed by atoms with E-state index in [1.165, 1.54) is 0 Å². The molecule has 0 atom stereocenters. The van der Waals surface area contributed by atoms with E-state index in [9.17, 15) is 22.4 Å². The first-order chi connectivity index (χ1) is 7.35. The van der Waals surface area contributed by atoms with Crippen LogP contribution < -0.4 is 0 Å². The van der Waals surface area contributed by atoms with Crippen LogP contribution in [0.3, 0.4) is 0 Å². The smallest absolute Gasteiger partial charge is 0.367 e. The van der Waals surface area contributed by atoms with Crippen LogP contribution in [-0.2, 0) is 17.3 Å². The van der Waals surface area contributed by atoms with Crippen molar-refractivity contribution < 1.29 is 27.5 Å². The number of carbonyl (C=O) groups is 1. The van der Waals surface area contributed by atoms with Crippen molar-refractivity contribution in [2.24, 2.45) is 0 Å². The van der Waals surface area contributed by atoms with E-state index in [4.69, 9.17) is 5.11 Å². The zero-order valence-corrected chi connectivity index (χ0v) is 7.65. The number of aliphatic carboxylic acids is 1. The average molecular weight is 242 g/mol. The van der Waals surface area contributed by atoms with E-state index in [1.807, 2.05) is 0 Å². The van der Waals surface area contributed by atoms with E-state index in [1.54, 1.807) is 0 Å². The van der Waals surface area contributed by atoms with Crippen molar-refractivity contribution in [2.75, 3.05) is 0 Å². The standard InChI is InChI=1S/C6H6F4N4O2/c7-4(8)6(9,10)5-11-12-13-14(5)2-1-3(15)16/h4H,1-2H2,(H,15,16). The van der Waals surface area contributed by atoms with Gasteiger partial charge < -0.3 is 5.11 Å². The van der Waals surface area contributed by atoms with Crippen LogP contribution in [0.5, 0.6) is 0 Å². The van der Waals surface area contributed by atoms with Gasteiger partial charge in [0.1, 0.15) is 0 Å². The largest absolute Gasteiger partial charge is 0.481 e. The lowest BCUT2D eigenvalue weighted by Crippen LogP contribution is -2.28. The third-order valence-corrected chi connectivity index (χ3v) is 1.64. The van der Waals surface area contributed by atoms with E-state index in [0.717, 1.165) is 0 Å². The van der Waals surface area contributed by atoms with Crippen LogP contribution in [0.15, 0.2) is 0 Å². The Morgan fingerprint density at radius 3 is 2.62 bits per heavy atom. The molecule has 0 bridgehead atoms. The maximum absolute atomic E-state index is 12.8. The van der Waals surface area contributed by atoms with Gasteiger partial charge in [-0.3, -0.25) is 4.79 Å². The molecule has 16 heavy (non-hydrogen) atoms. The van der Waals surface area contributed by atoms with Crippen LogP contribution in [0.25, 0.3) is 0 Å². The van der Waals surface area contributed by atoms with Gasteiger partial charge in [0.2, 0.25) is 5.82 Å². The van der Waals surface area contributed by atoms with E-state index in [0.29, 0.717) is 4.68 Å². The predicted molar refractivity (Wildman–Crippen MR) is 40.0 cm³/mol. The van der Waals surface area contributed by atoms with Gasteiger partial charge in [0.15, 0.2) is 0 Å². The highest BCUT2D eigenvalue weighted by molar-refractivity contribution is 5.66. The number of halogens is 4. The summed E-state index contributed by atoms with van der Waals surface area (Å²) in [7, 11) is 0. The van der Waals surface area contributed by atoms with Gasteiger partial charge in [-0.2, -0.15) is 8.78 Å². The highest BCUT2D eigenvalue weighted by atomic mass is 19.3. The van der Waals surface area contributed by atoms with E-state index >= 15 is 0 Å². The number of nitrogens with zero attached hydrogens (tertiary/aromatic N) is 4. The fraction of sp³-hybridized carbons (Fsp3) is 0.667. The summed E-state index contributed by atoms with van der Waals surface area (Å²) in [6.45, 7) is -0.500. The molecule has 0 saturated carbocycles. The number of carboxylic acids is 1. The number of alkyl halides is 4. The zero-order valence-electron chi connectivity index (χ0n) is 7.65. The number of rotatable bonds is 5. The van der Waals surface area contributed by atoms with Crippen LogP contribution in [0, 0.1) is 0 Å². The molecule has 90 valence electrons. The van der Waals surface area contributed by atoms with Crippen molar-refractivity contribution in [1.29, 1.82) is 0 Å². The van der Waals surface area contributed by atoms with Gasteiger partial charge in [-0.25, -0.2) is 13.5 Å². The second-order valence-corrected chi connectivity index (χ2v) is 2.79.